The second-order valence-electron chi connectivity index (χ2n) is 10.5. The number of ether oxygens (including phenoxy) is 3. The molecule has 2 amide bonds. The third-order valence-electron chi connectivity index (χ3n) is 8.09. The number of alkyl halides is 3. The van der Waals surface area contributed by atoms with Gasteiger partial charge in [0.2, 0.25) is 0 Å². The van der Waals surface area contributed by atoms with Gasteiger partial charge in [0, 0.05) is 66.7 Å². The Labute approximate surface area is 256 Å². The molecule has 2 aliphatic rings. The Morgan fingerprint density at radius 3 is 2.28 bits per heavy atom. The number of hydrogen-bond donors (Lipinski definition) is 1. The lowest BCUT2D eigenvalue weighted by atomic mass is 9.74. The number of benzene rings is 3. The van der Waals surface area contributed by atoms with Gasteiger partial charge in [-0.25, -0.2) is 4.79 Å². The highest BCUT2D eigenvalue weighted by molar-refractivity contribution is 6.34. The van der Waals surface area contributed by atoms with E-state index in [1.165, 1.54) is 6.07 Å². The molecule has 2 aliphatic heterocycles. The predicted molar refractivity (Wildman–Crippen MR) is 154 cm³/mol. The Hall–Kier alpha value is -3.47. The first kappa shape index (κ1) is 31.0. The summed E-state index contributed by atoms with van der Waals surface area (Å²) in [6.45, 7) is 0.303. The zero-order chi connectivity index (χ0) is 30.8. The number of carbonyl (C=O) groups is 2. The van der Waals surface area contributed by atoms with Crippen molar-refractivity contribution in [1.29, 1.82) is 0 Å². The third kappa shape index (κ3) is 6.01. The molecule has 0 radical (unpaired) electrons. The number of hydrogen-bond acceptors (Lipinski definition) is 5. The van der Waals surface area contributed by atoms with E-state index in [1.54, 1.807) is 0 Å². The van der Waals surface area contributed by atoms with Crippen molar-refractivity contribution in [2.75, 3.05) is 26.7 Å². The SMILES string of the molecule is CO[C@@](C(=O)N1CCC2(CC1)OC(=O)NC[C@H]2c1ccccc1OCc1ccccc1)(c1cc(Cl)cc(Cl)c1)C(F)(F)F. The van der Waals surface area contributed by atoms with Crippen LogP contribution in [0.2, 0.25) is 10.0 Å². The molecule has 2 atom stereocenters. The highest BCUT2D eigenvalue weighted by atomic mass is 35.5. The molecule has 1 spiro atoms. The molecular formula is C31H29Cl2F3N2O5. The van der Waals surface area contributed by atoms with Crippen molar-refractivity contribution < 1.29 is 37.0 Å². The number of rotatable bonds is 7. The van der Waals surface area contributed by atoms with Crippen molar-refractivity contribution in [3.05, 3.63) is 99.5 Å². The Kier molecular flexibility index (Phi) is 8.83. The molecule has 2 heterocycles. The highest BCUT2D eigenvalue weighted by Gasteiger charge is 2.64. The summed E-state index contributed by atoms with van der Waals surface area (Å²) >= 11 is 12.0. The number of amides is 2. The molecule has 0 aromatic heterocycles. The average Bonchev–Trinajstić information content (AvgIpc) is 2.97. The topological polar surface area (TPSA) is 77.1 Å². The molecule has 7 nitrogen and oxygen atoms in total. The van der Waals surface area contributed by atoms with Crippen LogP contribution in [-0.2, 0) is 26.5 Å². The minimum atomic E-state index is -5.14. The van der Waals surface area contributed by atoms with Crippen LogP contribution in [0, 0.1) is 0 Å². The van der Waals surface area contributed by atoms with Gasteiger partial charge < -0.3 is 24.4 Å². The summed E-state index contributed by atoms with van der Waals surface area (Å²) in [5, 5.41) is 2.59. The van der Waals surface area contributed by atoms with Gasteiger partial charge in [-0.3, -0.25) is 4.79 Å². The summed E-state index contributed by atoms with van der Waals surface area (Å²) in [7, 11) is 0.822. The highest BCUT2D eigenvalue weighted by Crippen LogP contribution is 2.48. The number of methoxy groups -OCH3 is 1. The smallest absolute Gasteiger partial charge is 0.430 e. The number of para-hydroxylation sites is 1. The van der Waals surface area contributed by atoms with Crippen LogP contribution in [0.15, 0.2) is 72.8 Å². The largest absolute Gasteiger partial charge is 0.489 e. The number of likely N-dealkylation sites (tertiary alicyclic amines) is 1. The van der Waals surface area contributed by atoms with Gasteiger partial charge in [-0.05, 0) is 29.8 Å². The molecule has 0 unspecified atom stereocenters. The molecule has 3 aromatic carbocycles. The zero-order valence-electron chi connectivity index (χ0n) is 23.1. The lowest BCUT2D eigenvalue weighted by Crippen LogP contribution is -2.62. The Morgan fingerprint density at radius 2 is 1.65 bits per heavy atom. The van der Waals surface area contributed by atoms with Crippen LogP contribution in [0.5, 0.6) is 5.75 Å². The number of carbonyl (C=O) groups excluding carboxylic acids is 2. The third-order valence-corrected chi connectivity index (χ3v) is 8.52. The normalized spacial score (nSPS) is 19.7. The molecule has 0 aliphatic carbocycles. The maximum Gasteiger partial charge on any atom is 0.430 e. The average molecular weight is 637 g/mol. The fourth-order valence-electron chi connectivity index (χ4n) is 5.94. The fourth-order valence-corrected chi connectivity index (χ4v) is 6.47. The van der Waals surface area contributed by atoms with Crippen LogP contribution in [-0.4, -0.2) is 55.4 Å². The van der Waals surface area contributed by atoms with Crippen LogP contribution in [0.3, 0.4) is 0 Å². The van der Waals surface area contributed by atoms with Crippen molar-refractivity contribution in [2.45, 2.75) is 42.7 Å². The van der Waals surface area contributed by atoms with E-state index in [4.69, 9.17) is 37.4 Å². The van der Waals surface area contributed by atoms with Gasteiger partial charge in [0.05, 0.1) is 0 Å². The lowest BCUT2D eigenvalue weighted by molar-refractivity contribution is -0.271. The van der Waals surface area contributed by atoms with Crippen molar-refractivity contribution in [3.8, 4) is 5.75 Å². The summed E-state index contributed by atoms with van der Waals surface area (Å²) in [5.74, 6) is -1.10. The van der Waals surface area contributed by atoms with E-state index >= 15 is 0 Å². The molecule has 0 saturated carbocycles. The fraction of sp³-hybridized carbons (Fsp3) is 0.355. The van der Waals surface area contributed by atoms with E-state index in [1.807, 2.05) is 54.6 Å². The van der Waals surface area contributed by atoms with Gasteiger partial charge in [-0.15, -0.1) is 0 Å². The van der Waals surface area contributed by atoms with Crippen LogP contribution in [0.4, 0.5) is 18.0 Å². The summed E-state index contributed by atoms with van der Waals surface area (Å²) in [4.78, 5) is 27.3. The van der Waals surface area contributed by atoms with E-state index in [0.717, 1.165) is 35.3 Å². The molecule has 3 aromatic rings. The van der Waals surface area contributed by atoms with Gasteiger partial charge >= 0.3 is 12.3 Å². The molecule has 1 N–H and O–H groups in total. The molecule has 2 saturated heterocycles. The Bertz CT molecular complexity index is 1460. The van der Waals surface area contributed by atoms with Crippen molar-refractivity contribution in [1.82, 2.24) is 10.2 Å². The molecular weight excluding hydrogens is 608 g/mol. The molecule has 228 valence electrons. The van der Waals surface area contributed by atoms with Crippen LogP contribution < -0.4 is 10.1 Å². The predicted octanol–water partition coefficient (Wildman–Crippen LogP) is 6.86. The van der Waals surface area contributed by atoms with Crippen molar-refractivity contribution in [2.24, 2.45) is 0 Å². The van der Waals surface area contributed by atoms with Crippen LogP contribution >= 0.6 is 23.2 Å². The van der Waals surface area contributed by atoms with Crippen molar-refractivity contribution in [3.63, 3.8) is 0 Å². The quantitative estimate of drug-likeness (QED) is 0.307. The lowest BCUT2D eigenvalue weighted by Gasteiger charge is -2.49. The minimum absolute atomic E-state index is 0.0730. The number of nitrogens with one attached hydrogen (secondary N) is 1. The number of halogens is 5. The molecule has 12 heteroatoms. The van der Waals surface area contributed by atoms with E-state index in [-0.39, 0.29) is 42.5 Å². The van der Waals surface area contributed by atoms with Gasteiger partial charge in [0.1, 0.15) is 18.0 Å². The number of piperidine rings is 1. The van der Waals surface area contributed by atoms with Gasteiger partial charge in [0.15, 0.2) is 0 Å². The zero-order valence-corrected chi connectivity index (χ0v) is 24.6. The Morgan fingerprint density at radius 1 is 1.02 bits per heavy atom. The first-order chi connectivity index (χ1) is 20.5. The van der Waals surface area contributed by atoms with E-state index in [2.05, 4.69) is 5.32 Å². The van der Waals surface area contributed by atoms with Gasteiger partial charge in [0.25, 0.3) is 11.5 Å². The minimum Gasteiger partial charge on any atom is -0.489 e. The maximum atomic E-state index is 14.7. The second kappa shape index (κ2) is 12.3. The van der Waals surface area contributed by atoms with Crippen LogP contribution in [0.1, 0.15) is 35.4 Å². The summed E-state index contributed by atoms with van der Waals surface area (Å²) in [6.07, 6.45) is -5.58. The first-order valence-electron chi connectivity index (χ1n) is 13.6. The molecule has 0 bridgehead atoms. The number of alkyl carbamates (subject to hydrolysis) is 1. The standard InChI is InChI=1S/C31H29Cl2F3N2O5/c1-41-30(31(34,35)36,21-15-22(32)17-23(33)16-21)27(39)38-13-11-29(12-14-38)25(18-37-28(40)43-29)24-9-5-6-10-26(24)42-19-20-7-3-2-4-8-20/h2-10,15-17,25H,11-14,18-19H2,1H3,(H,37,40)/t25-,30+/m0/s1. The molecule has 43 heavy (non-hydrogen) atoms. The summed E-state index contributed by atoms with van der Waals surface area (Å²) in [6, 6.07) is 20.3. The number of nitrogens with zero attached hydrogens (tertiary/aromatic N) is 1. The Balaban J connectivity index is 1.42. The van der Waals surface area contributed by atoms with Crippen molar-refractivity contribution >= 4 is 35.2 Å². The first-order valence-corrected chi connectivity index (χ1v) is 14.3. The van der Waals surface area contributed by atoms with E-state index in [9.17, 15) is 22.8 Å². The van der Waals surface area contributed by atoms with Crippen LogP contribution in [0.25, 0.3) is 0 Å². The second-order valence-corrected chi connectivity index (χ2v) is 11.4. The van der Waals surface area contributed by atoms with Gasteiger partial charge in [-0.2, -0.15) is 13.2 Å². The van der Waals surface area contributed by atoms with E-state index in [0.29, 0.717) is 12.4 Å². The summed E-state index contributed by atoms with van der Waals surface area (Å²) in [5.41, 5.74) is -3.19. The monoisotopic (exact) mass is 636 g/mol. The summed E-state index contributed by atoms with van der Waals surface area (Å²) < 4.78 is 61.2. The van der Waals surface area contributed by atoms with Gasteiger partial charge in [-0.1, -0.05) is 71.7 Å². The maximum absolute atomic E-state index is 14.7. The molecule has 5 rings (SSSR count). The molecule has 2 fully saturated rings. The van der Waals surface area contributed by atoms with E-state index < -0.39 is 40.9 Å².